The molecule has 1 aromatic carbocycles. The van der Waals surface area contributed by atoms with Crippen molar-refractivity contribution in [1.29, 1.82) is 0 Å². The van der Waals surface area contributed by atoms with Gasteiger partial charge >= 0.3 is 0 Å². The van der Waals surface area contributed by atoms with Crippen molar-refractivity contribution in [3.05, 3.63) is 52.8 Å². The van der Waals surface area contributed by atoms with Crippen molar-refractivity contribution in [1.82, 2.24) is 15.2 Å². The smallest absolute Gasteiger partial charge is 0.258 e. The molecule has 6 nitrogen and oxygen atoms in total. The fraction of sp³-hybridized carbons (Fsp3) is 0.381. The van der Waals surface area contributed by atoms with Crippen molar-refractivity contribution >= 4 is 40.5 Å². The largest absolute Gasteiger partial charge is 0.492 e. The summed E-state index contributed by atoms with van der Waals surface area (Å²) in [6, 6.07) is 7.11. The van der Waals surface area contributed by atoms with E-state index >= 15 is 0 Å². The van der Waals surface area contributed by atoms with E-state index in [9.17, 15) is 4.79 Å². The molecule has 0 bridgehead atoms. The highest BCUT2D eigenvalue weighted by atomic mass is 35.5. The highest BCUT2D eigenvalue weighted by Gasteiger charge is 2.11. The van der Waals surface area contributed by atoms with Gasteiger partial charge in [-0.2, -0.15) is 0 Å². The third-order valence-corrected chi connectivity index (χ3v) is 4.48. The summed E-state index contributed by atoms with van der Waals surface area (Å²) in [6.07, 6.45) is 6.51. The Balaban J connectivity index is 1.91. The van der Waals surface area contributed by atoms with Gasteiger partial charge in [-0.1, -0.05) is 31.4 Å². The number of amides is 1. The molecule has 8 heteroatoms. The first-order valence-electron chi connectivity index (χ1n) is 9.52. The molecule has 29 heavy (non-hydrogen) atoms. The van der Waals surface area contributed by atoms with E-state index in [0.29, 0.717) is 35.2 Å². The molecule has 156 valence electrons. The van der Waals surface area contributed by atoms with Crippen molar-refractivity contribution in [2.45, 2.75) is 32.7 Å². The number of anilines is 1. The Morgan fingerprint density at radius 2 is 2.03 bits per heavy atom. The molecule has 0 saturated heterocycles. The molecule has 0 saturated carbocycles. The van der Waals surface area contributed by atoms with Crippen LogP contribution in [0, 0.1) is 0 Å². The first-order valence-corrected chi connectivity index (χ1v) is 10.3. The number of pyridine rings is 1. The Labute approximate surface area is 182 Å². The SMILES string of the molecule is CCCCCOc1ccc(NC(=S)NC(=O)c2cncc(CN(C)C)c2)cc1Cl. The van der Waals surface area contributed by atoms with Crippen LogP contribution in [0.25, 0.3) is 0 Å². The molecule has 2 aromatic rings. The number of unbranched alkanes of at least 4 members (excludes halogenated alkanes) is 2. The van der Waals surface area contributed by atoms with Crippen molar-refractivity contribution in [3.63, 3.8) is 0 Å². The number of carbonyl (C=O) groups is 1. The van der Waals surface area contributed by atoms with E-state index < -0.39 is 0 Å². The average molecular weight is 435 g/mol. The number of rotatable bonds is 9. The standard InChI is InChI=1S/C21H27ClN4O2S/c1-4-5-6-9-28-19-8-7-17(11-18(19)22)24-21(29)25-20(27)16-10-15(12-23-13-16)14-26(2)3/h7-8,10-13H,4-6,9,14H2,1-3H3,(H2,24,25,27,29). The summed E-state index contributed by atoms with van der Waals surface area (Å²) in [5, 5.41) is 6.29. The molecule has 2 N–H and O–H groups in total. The predicted molar refractivity (Wildman–Crippen MR) is 122 cm³/mol. The highest BCUT2D eigenvalue weighted by Crippen LogP contribution is 2.28. The van der Waals surface area contributed by atoms with E-state index in [-0.39, 0.29) is 11.0 Å². The zero-order valence-electron chi connectivity index (χ0n) is 17.0. The van der Waals surface area contributed by atoms with Crippen LogP contribution in [-0.2, 0) is 6.54 Å². The monoisotopic (exact) mass is 434 g/mol. The topological polar surface area (TPSA) is 66.5 Å². The quantitative estimate of drug-likeness (QED) is 0.447. The van der Waals surface area contributed by atoms with Crippen LogP contribution in [0.1, 0.15) is 42.1 Å². The Morgan fingerprint density at radius 1 is 1.24 bits per heavy atom. The van der Waals surface area contributed by atoms with E-state index in [1.807, 2.05) is 19.0 Å². The zero-order valence-corrected chi connectivity index (χ0v) is 18.6. The van der Waals surface area contributed by atoms with Gasteiger partial charge in [0, 0.05) is 24.6 Å². The first kappa shape index (κ1) is 23.1. The molecule has 0 aliphatic rings. The molecule has 0 aliphatic carbocycles. The van der Waals surface area contributed by atoms with Crippen LogP contribution < -0.4 is 15.4 Å². The number of carbonyl (C=O) groups excluding carboxylic acids is 1. The van der Waals surface area contributed by atoms with Gasteiger partial charge in [0.2, 0.25) is 0 Å². The minimum Gasteiger partial charge on any atom is -0.492 e. The van der Waals surface area contributed by atoms with Gasteiger partial charge < -0.3 is 15.0 Å². The van der Waals surface area contributed by atoms with Gasteiger partial charge in [-0.3, -0.25) is 15.1 Å². The summed E-state index contributed by atoms with van der Waals surface area (Å²) >= 11 is 11.5. The highest BCUT2D eigenvalue weighted by molar-refractivity contribution is 7.80. The molecule has 1 amide bonds. The summed E-state index contributed by atoms with van der Waals surface area (Å²) in [6.45, 7) is 3.48. The van der Waals surface area contributed by atoms with Crippen molar-refractivity contribution in [3.8, 4) is 5.75 Å². The van der Waals surface area contributed by atoms with Crippen LogP contribution in [0.2, 0.25) is 5.02 Å². The lowest BCUT2D eigenvalue weighted by atomic mass is 10.2. The number of thiocarbonyl (C=S) groups is 1. The van der Waals surface area contributed by atoms with E-state index in [0.717, 1.165) is 24.8 Å². The normalized spacial score (nSPS) is 10.7. The fourth-order valence-corrected chi connectivity index (χ4v) is 3.08. The van der Waals surface area contributed by atoms with E-state index in [1.165, 1.54) is 6.20 Å². The van der Waals surface area contributed by atoms with E-state index in [1.54, 1.807) is 30.5 Å². The molecule has 0 radical (unpaired) electrons. The molecule has 0 fully saturated rings. The molecule has 0 aliphatic heterocycles. The molecule has 1 heterocycles. The molecular formula is C21H27ClN4O2S. The minimum absolute atomic E-state index is 0.181. The second-order valence-electron chi connectivity index (χ2n) is 6.93. The van der Waals surface area contributed by atoms with Gasteiger partial charge in [0.15, 0.2) is 5.11 Å². The van der Waals surface area contributed by atoms with Crippen LogP contribution in [0.5, 0.6) is 5.75 Å². The third-order valence-electron chi connectivity index (χ3n) is 3.98. The van der Waals surface area contributed by atoms with Gasteiger partial charge in [-0.25, -0.2) is 0 Å². The minimum atomic E-state index is -0.322. The number of ether oxygens (including phenoxy) is 1. The van der Waals surface area contributed by atoms with Crippen molar-refractivity contribution in [2.24, 2.45) is 0 Å². The number of hydrogen-bond acceptors (Lipinski definition) is 5. The molecular weight excluding hydrogens is 408 g/mol. The van der Waals surface area contributed by atoms with Crippen LogP contribution in [-0.4, -0.2) is 41.6 Å². The molecule has 0 atom stereocenters. The summed E-state index contributed by atoms with van der Waals surface area (Å²) in [5.74, 6) is 0.310. The van der Waals surface area contributed by atoms with Crippen molar-refractivity contribution in [2.75, 3.05) is 26.0 Å². The number of nitrogens with zero attached hydrogens (tertiary/aromatic N) is 2. The van der Waals surface area contributed by atoms with Gasteiger partial charge in [-0.15, -0.1) is 0 Å². The number of aromatic nitrogens is 1. The van der Waals surface area contributed by atoms with Crippen LogP contribution in [0.4, 0.5) is 5.69 Å². The lowest BCUT2D eigenvalue weighted by Crippen LogP contribution is -2.34. The Bertz CT molecular complexity index is 845. The maximum Gasteiger partial charge on any atom is 0.258 e. The second-order valence-corrected chi connectivity index (χ2v) is 7.74. The third kappa shape index (κ3) is 7.97. The summed E-state index contributed by atoms with van der Waals surface area (Å²) < 4.78 is 5.69. The maximum atomic E-state index is 12.4. The average Bonchev–Trinajstić information content (AvgIpc) is 2.66. The van der Waals surface area contributed by atoms with Crippen LogP contribution in [0.15, 0.2) is 36.7 Å². The number of hydrogen-bond donors (Lipinski definition) is 2. The molecule has 0 unspecified atom stereocenters. The Kier molecular flexibility index (Phi) is 9.31. The maximum absolute atomic E-state index is 12.4. The lowest BCUT2D eigenvalue weighted by Gasteiger charge is -2.13. The van der Waals surface area contributed by atoms with Gasteiger partial charge in [-0.05, 0) is 62.6 Å². The molecule has 2 rings (SSSR count). The molecule has 1 aromatic heterocycles. The zero-order chi connectivity index (χ0) is 21.2. The summed E-state index contributed by atoms with van der Waals surface area (Å²) in [4.78, 5) is 18.6. The molecule has 0 spiro atoms. The van der Waals surface area contributed by atoms with Gasteiger partial charge in [0.05, 0.1) is 17.2 Å². The van der Waals surface area contributed by atoms with Gasteiger partial charge in [0.25, 0.3) is 5.91 Å². The van der Waals surface area contributed by atoms with Crippen LogP contribution >= 0.6 is 23.8 Å². The van der Waals surface area contributed by atoms with E-state index in [4.69, 9.17) is 28.6 Å². The number of nitrogens with one attached hydrogen (secondary N) is 2. The first-order chi connectivity index (χ1) is 13.9. The summed E-state index contributed by atoms with van der Waals surface area (Å²) in [7, 11) is 3.91. The lowest BCUT2D eigenvalue weighted by molar-refractivity contribution is 0.0977. The number of benzene rings is 1. The predicted octanol–water partition coefficient (Wildman–Crippen LogP) is 4.49. The second kappa shape index (κ2) is 11.7. The fourth-order valence-electron chi connectivity index (χ4n) is 2.63. The van der Waals surface area contributed by atoms with Gasteiger partial charge in [0.1, 0.15) is 5.75 Å². The Morgan fingerprint density at radius 3 is 2.72 bits per heavy atom. The number of halogens is 1. The van der Waals surface area contributed by atoms with E-state index in [2.05, 4.69) is 22.5 Å². The van der Waals surface area contributed by atoms with Crippen molar-refractivity contribution < 1.29 is 9.53 Å². The Hall–Kier alpha value is -2.22. The van der Waals surface area contributed by atoms with Crippen LogP contribution in [0.3, 0.4) is 0 Å². The summed E-state index contributed by atoms with van der Waals surface area (Å²) in [5.41, 5.74) is 2.06.